The lowest BCUT2D eigenvalue weighted by atomic mass is 10.0. The highest BCUT2D eigenvalue weighted by Gasteiger charge is 2.39. The largest absolute Gasteiger partial charge is 0.507 e. The van der Waals surface area contributed by atoms with Crippen LogP contribution in [-0.2, 0) is 4.79 Å². The average Bonchev–Trinajstić information content (AvgIpc) is 3.18. The van der Waals surface area contributed by atoms with Crippen molar-refractivity contribution in [1.29, 1.82) is 0 Å². The fourth-order valence-corrected chi connectivity index (χ4v) is 3.82. The normalized spacial score (nSPS) is 17.8. The van der Waals surface area contributed by atoms with Gasteiger partial charge in [-0.25, -0.2) is 4.79 Å². The Bertz CT molecular complexity index is 1120. The summed E-state index contributed by atoms with van der Waals surface area (Å²) in [5.41, 5.74) is 2.59. The number of carbonyl (C=O) groups is 2. The molecule has 3 aromatic carbocycles. The second-order valence-electron chi connectivity index (χ2n) is 7.58. The number of anilines is 2. The number of urea groups is 1. The lowest BCUT2D eigenvalue weighted by Gasteiger charge is -2.24. The third-order valence-electron chi connectivity index (χ3n) is 5.31. The van der Waals surface area contributed by atoms with E-state index in [4.69, 9.17) is 11.6 Å². The van der Waals surface area contributed by atoms with Gasteiger partial charge in [-0.05, 0) is 48.0 Å². The van der Waals surface area contributed by atoms with Crippen LogP contribution in [0.2, 0.25) is 5.02 Å². The lowest BCUT2D eigenvalue weighted by Crippen LogP contribution is -2.45. The topological polar surface area (TPSA) is 102 Å². The quantitative estimate of drug-likeness (QED) is 0.474. The Balaban J connectivity index is 1.43. The third kappa shape index (κ3) is 4.85. The molecule has 0 radical (unpaired) electrons. The molecule has 164 valence electrons. The number of aromatic hydroxyl groups is 1. The number of β-amino-alcohol motifs (C(OH)–C–C–N with tert-alkyl or cyclic N) is 1. The predicted octanol–water partition coefficient (Wildman–Crippen LogP) is 4.32. The van der Waals surface area contributed by atoms with Crippen LogP contribution in [-0.4, -0.2) is 45.7 Å². The number of phenolic OH excluding ortho intramolecular Hbond substituents is 1. The summed E-state index contributed by atoms with van der Waals surface area (Å²) in [5.74, 6) is -0.213. The van der Waals surface area contributed by atoms with Gasteiger partial charge in [0, 0.05) is 34.9 Å². The minimum Gasteiger partial charge on any atom is -0.507 e. The molecular weight excluding hydrogens is 430 g/mol. The number of phenols is 1. The first-order valence-electron chi connectivity index (χ1n) is 10.1. The smallest absolute Gasteiger partial charge is 0.322 e. The van der Waals surface area contributed by atoms with Gasteiger partial charge in [0.2, 0.25) is 5.91 Å². The Morgan fingerprint density at radius 2 is 1.53 bits per heavy atom. The Kier molecular flexibility index (Phi) is 6.30. The maximum Gasteiger partial charge on any atom is 0.322 e. The Hall–Kier alpha value is -3.55. The number of amides is 3. The van der Waals surface area contributed by atoms with Gasteiger partial charge in [-0.2, -0.15) is 0 Å². The number of benzene rings is 3. The number of nitrogens with zero attached hydrogens (tertiary/aromatic N) is 1. The summed E-state index contributed by atoms with van der Waals surface area (Å²) in [4.78, 5) is 26.9. The first kappa shape index (κ1) is 21.7. The highest BCUT2D eigenvalue weighted by atomic mass is 35.5. The first-order chi connectivity index (χ1) is 15.4. The van der Waals surface area contributed by atoms with Crippen LogP contribution in [0.4, 0.5) is 16.2 Å². The number of para-hydroxylation sites is 1. The molecule has 7 nitrogen and oxygen atoms in total. The van der Waals surface area contributed by atoms with Crippen LogP contribution >= 0.6 is 11.6 Å². The summed E-state index contributed by atoms with van der Waals surface area (Å²) < 4.78 is 0. The molecule has 8 heteroatoms. The number of aliphatic hydroxyl groups is 1. The van der Waals surface area contributed by atoms with Crippen molar-refractivity contribution in [2.75, 3.05) is 17.2 Å². The Morgan fingerprint density at radius 3 is 2.22 bits per heavy atom. The molecule has 0 spiro atoms. The SMILES string of the molecule is O=C(Nc1ccc(-c2ccccc2O)cc1)C1CC(O)CN1C(=O)Nc1ccc(Cl)cc1. The van der Waals surface area contributed by atoms with E-state index in [-0.39, 0.29) is 24.6 Å². The number of hydrogen-bond donors (Lipinski definition) is 4. The number of carbonyl (C=O) groups excluding carboxylic acids is 2. The molecule has 0 aromatic heterocycles. The van der Waals surface area contributed by atoms with Crippen molar-refractivity contribution in [3.8, 4) is 16.9 Å². The maximum atomic E-state index is 12.9. The van der Waals surface area contributed by atoms with E-state index >= 15 is 0 Å². The van der Waals surface area contributed by atoms with Crippen LogP contribution in [0.25, 0.3) is 11.1 Å². The summed E-state index contributed by atoms with van der Waals surface area (Å²) >= 11 is 5.87. The molecule has 4 rings (SSSR count). The van der Waals surface area contributed by atoms with E-state index in [0.717, 1.165) is 5.56 Å². The number of likely N-dealkylation sites (tertiary alicyclic amines) is 1. The zero-order valence-electron chi connectivity index (χ0n) is 17.0. The van der Waals surface area contributed by atoms with E-state index in [1.54, 1.807) is 66.7 Å². The highest BCUT2D eigenvalue weighted by Crippen LogP contribution is 2.29. The van der Waals surface area contributed by atoms with Crippen LogP contribution in [0.3, 0.4) is 0 Å². The number of aliphatic hydroxyl groups excluding tert-OH is 1. The molecule has 1 fully saturated rings. The fraction of sp³-hybridized carbons (Fsp3) is 0.167. The molecule has 2 unspecified atom stereocenters. The minimum atomic E-state index is -0.810. The van der Waals surface area contributed by atoms with Gasteiger partial charge in [0.05, 0.1) is 6.10 Å². The van der Waals surface area contributed by atoms with Gasteiger partial charge in [-0.15, -0.1) is 0 Å². The van der Waals surface area contributed by atoms with Crippen molar-refractivity contribution in [2.45, 2.75) is 18.6 Å². The van der Waals surface area contributed by atoms with Crippen LogP contribution in [0, 0.1) is 0 Å². The number of halogens is 1. The molecule has 1 aliphatic heterocycles. The molecule has 1 saturated heterocycles. The summed E-state index contributed by atoms with van der Waals surface area (Å²) in [7, 11) is 0. The summed E-state index contributed by atoms with van der Waals surface area (Å²) in [6.45, 7) is 0.0593. The molecule has 1 aliphatic rings. The highest BCUT2D eigenvalue weighted by molar-refractivity contribution is 6.30. The van der Waals surface area contributed by atoms with Crippen LogP contribution < -0.4 is 10.6 Å². The molecular formula is C24H22ClN3O4. The summed E-state index contributed by atoms with van der Waals surface area (Å²) in [6, 6.07) is 19.4. The molecule has 2 atom stereocenters. The van der Waals surface area contributed by atoms with Crippen molar-refractivity contribution in [3.05, 3.63) is 77.8 Å². The molecule has 0 bridgehead atoms. The van der Waals surface area contributed by atoms with Crippen molar-refractivity contribution >= 4 is 34.9 Å². The van der Waals surface area contributed by atoms with Crippen LogP contribution in [0.1, 0.15) is 6.42 Å². The van der Waals surface area contributed by atoms with E-state index in [0.29, 0.717) is 22.0 Å². The van der Waals surface area contributed by atoms with Gasteiger partial charge < -0.3 is 25.7 Å². The van der Waals surface area contributed by atoms with Crippen molar-refractivity contribution in [1.82, 2.24) is 4.90 Å². The lowest BCUT2D eigenvalue weighted by molar-refractivity contribution is -0.119. The molecule has 0 saturated carbocycles. The zero-order chi connectivity index (χ0) is 22.7. The number of rotatable bonds is 4. The summed E-state index contributed by atoms with van der Waals surface area (Å²) in [5, 5.41) is 26.2. The molecule has 0 aliphatic carbocycles. The van der Waals surface area contributed by atoms with Crippen molar-refractivity contribution < 1.29 is 19.8 Å². The molecule has 3 aromatic rings. The van der Waals surface area contributed by atoms with E-state index in [1.807, 2.05) is 6.07 Å². The van der Waals surface area contributed by atoms with E-state index in [2.05, 4.69) is 10.6 Å². The monoisotopic (exact) mass is 451 g/mol. The Labute approximate surface area is 190 Å². The van der Waals surface area contributed by atoms with Gasteiger partial charge in [0.15, 0.2) is 0 Å². The second-order valence-corrected chi connectivity index (χ2v) is 8.01. The standard InChI is InChI=1S/C24H22ClN3O4/c25-16-7-11-18(12-8-16)27-24(32)28-14-19(29)13-21(28)23(31)26-17-9-5-15(6-10-17)20-3-1-2-4-22(20)30/h1-12,19,21,29-30H,13-14H2,(H,26,31)(H,27,32). The first-order valence-corrected chi connectivity index (χ1v) is 10.5. The van der Waals surface area contributed by atoms with Crippen molar-refractivity contribution in [2.24, 2.45) is 0 Å². The third-order valence-corrected chi connectivity index (χ3v) is 5.56. The molecule has 4 N–H and O–H groups in total. The van der Waals surface area contributed by atoms with Gasteiger partial charge in [0.25, 0.3) is 0 Å². The summed E-state index contributed by atoms with van der Waals surface area (Å²) in [6.07, 6.45) is -0.638. The van der Waals surface area contributed by atoms with E-state index < -0.39 is 18.2 Å². The van der Waals surface area contributed by atoms with Crippen LogP contribution in [0.5, 0.6) is 5.75 Å². The Morgan fingerprint density at radius 1 is 0.906 bits per heavy atom. The van der Waals surface area contributed by atoms with E-state index in [9.17, 15) is 19.8 Å². The molecule has 1 heterocycles. The molecule has 32 heavy (non-hydrogen) atoms. The molecule has 3 amide bonds. The van der Waals surface area contributed by atoms with Crippen LogP contribution in [0.15, 0.2) is 72.8 Å². The second kappa shape index (κ2) is 9.30. The van der Waals surface area contributed by atoms with Gasteiger partial charge in [0.1, 0.15) is 11.8 Å². The predicted molar refractivity (Wildman–Crippen MR) is 124 cm³/mol. The fourth-order valence-electron chi connectivity index (χ4n) is 3.69. The van der Waals surface area contributed by atoms with Gasteiger partial charge in [-0.3, -0.25) is 4.79 Å². The average molecular weight is 452 g/mol. The van der Waals surface area contributed by atoms with Gasteiger partial charge >= 0.3 is 6.03 Å². The number of hydrogen-bond acceptors (Lipinski definition) is 4. The zero-order valence-corrected chi connectivity index (χ0v) is 17.8. The van der Waals surface area contributed by atoms with Gasteiger partial charge in [-0.1, -0.05) is 41.9 Å². The van der Waals surface area contributed by atoms with Crippen molar-refractivity contribution in [3.63, 3.8) is 0 Å². The maximum absolute atomic E-state index is 12.9. The minimum absolute atomic E-state index is 0.0593. The van der Waals surface area contributed by atoms with E-state index in [1.165, 1.54) is 4.90 Å². The number of nitrogens with one attached hydrogen (secondary N) is 2.